The van der Waals surface area contributed by atoms with Crippen LogP contribution >= 0.6 is 0 Å². The summed E-state index contributed by atoms with van der Waals surface area (Å²) in [7, 11) is 1.67. The summed E-state index contributed by atoms with van der Waals surface area (Å²) in [5.74, 6) is 0.669. The summed E-state index contributed by atoms with van der Waals surface area (Å²) >= 11 is 0. The summed E-state index contributed by atoms with van der Waals surface area (Å²) in [6, 6.07) is 0. The van der Waals surface area contributed by atoms with Gasteiger partial charge in [-0.2, -0.15) is 9.40 Å². The van der Waals surface area contributed by atoms with Gasteiger partial charge in [-0.1, -0.05) is 0 Å². The largest absolute Gasteiger partial charge is 0.378 e. The van der Waals surface area contributed by atoms with Gasteiger partial charge in [-0.05, 0) is 6.92 Å². The molecule has 0 unspecified atom stereocenters. The molecule has 1 aliphatic heterocycles. The van der Waals surface area contributed by atoms with Gasteiger partial charge in [0.2, 0.25) is 0 Å². The average molecular weight is 339 g/mol. The normalized spacial score (nSPS) is 15.8. The molecular formula is C14H21N5O3S. The van der Waals surface area contributed by atoms with E-state index in [-0.39, 0.29) is 5.03 Å². The van der Waals surface area contributed by atoms with E-state index in [0.29, 0.717) is 31.9 Å². The Morgan fingerprint density at radius 1 is 1.35 bits per heavy atom. The van der Waals surface area contributed by atoms with Crippen molar-refractivity contribution >= 4 is 10.0 Å². The van der Waals surface area contributed by atoms with E-state index in [2.05, 4.69) is 10.1 Å². The number of imidazole rings is 1. The molecular weight excluding hydrogens is 318 g/mol. The lowest BCUT2D eigenvalue weighted by Gasteiger charge is -2.26. The maximum atomic E-state index is 12.8. The fraction of sp³-hybridized carbons (Fsp3) is 0.571. The zero-order chi connectivity index (χ0) is 16.8. The SMILES string of the molecule is COCc1nn(C)c2c1CN(S(=O)(=O)c1cn(C)c(C)n1)CC2. The second-order valence-electron chi connectivity index (χ2n) is 5.75. The minimum atomic E-state index is -3.61. The standard InChI is InChI=1S/C14H21N5O3S/c1-10-15-14(8-17(10)2)23(20,21)19-6-5-13-11(7-19)12(9-22-4)16-18(13)3/h8H,5-7,9H2,1-4H3. The van der Waals surface area contributed by atoms with Crippen LogP contribution in [0.2, 0.25) is 0 Å². The van der Waals surface area contributed by atoms with Crippen LogP contribution in [0.3, 0.4) is 0 Å². The van der Waals surface area contributed by atoms with Crippen LogP contribution in [0, 0.1) is 6.92 Å². The molecule has 0 aromatic carbocycles. The van der Waals surface area contributed by atoms with Gasteiger partial charge in [-0.15, -0.1) is 0 Å². The lowest BCUT2D eigenvalue weighted by Crippen LogP contribution is -2.36. The zero-order valence-electron chi connectivity index (χ0n) is 13.8. The molecule has 0 spiro atoms. The highest BCUT2D eigenvalue weighted by atomic mass is 32.2. The molecule has 0 amide bonds. The van der Waals surface area contributed by atoms with Crippen LogP contribution in [0.1, 0.15) is 22.8 Å². The fourth-order valence-electron chi connectivity index (χ4n) is 2.89. The van der Waals surface area contributed by atoms with Crippen LogP contribution in [0.4, 0.5) is 0 Å². The van der Waals surface area contributed by atoms with Crippen molar-refractivity contribution in [3.63, 3.8) is 0 Å². The third-order valence-electron chi connectivity index (χ3n) is 4.26. The van der Waals surface area contributed by atoms with Crippen LogP contribution in [0.15, 0.2) is 11.2 Å². The van der Waals surface area contributed by atoms with Crippen LogP contribution < -0.4 is 0 Å². The number of aryl methyl sites for hydroxylation is 3. The van der Waals surface area contributed by atoms with Crippen LogP contribution in [-0.2, 0) is 48.4 Å². The van der Waals surface area contributed by atoms with E-state index < -0.39 is 10.0 Å². The van der Waals surface area contributed by atoms with E-state index in [4.69, 9.17) is 4.74 Å². The molecule has 0 bridgehead atoms. The summed E-state index contributed by atoms with van der Waals surface area (Å²) in [6.45, 7) is 2.89. The summed E-state index contributed by atoms with van der Waals surface area (Å²) in [4.78, 5) is 4.16. The van der Waals surface area contributed by atoms with E-state index in [9.17, 15) is 8.42 Å². The van der Waals surface area contributed by atoms with Crippen molar-refractivity contribution in [2.24, 2.45) is 14.1 Å². The summed E-state index contributed by atoms with van der Waals surface area (Å²) < 4.78 is 35.8. The lowest BCUT2D eigenvalue weighted by atomic mass is 10.1. The molecule has 23 heavy (non-hydrogen) atoms. The van der Waals surface area contributed by atoms with E-state index in [1.54, 1.807) is 31.8 Å². The molecule has 126 valence electrons. The minimum Gasteiger partial charge on any atom is -0.378 e. The van der Waals surface area contributed by atoms with E-state index in [0.717, 1.165) is 17.0 Å². The Bertz CT molecular complexity index is 817. The molecule has 9 heteroatoms. The van der Waals surface area contributed by atoms with Crippen LogP contribution in [0.5, 0.6) is 0 Å². The van der Waals surface area contributed by atoms with Crippen molar-refractivity contribution in [2.75, 3.05) is 13.7 Å². The number of aromatic nitrogens is 4. The van der Waals surface area contributed by atoms with Crippen molar-refractivity contribution in [1.82, 2.24) is 23.6 Å². The molecule has 8 nitrogen and oxygen atoms in total. The monoisotopic (exact) mass is 339 g/mol. The number of hydrogen-bond acceptors (Lipinski definition) is 5. The molecule has 2 aromatic heterocycles. The topological polar surface area (TPSA) is 82.3 Å². The van der Waals surface area contributed by atoms with Gasteiger partial charge in [0.25, 0.3) is 10.0 Å². The molecule has 0 fully saturated rings. The number of sulfonamides is 1. The number of ether oxygens (including phenoxy) is 1. The van der Waals surface area contributed by atoms with Gasteiger partial charge >= 0.3 is 0 Å². The van der Waals surface area contributed by atoms with Gasteiger partial charge in [-0.25, -0.2) is 13.4 Å². The first-order chi connectivity index (χ1) is 10.8. The summed E-state index contributed by atoms with van der Waals surface area (Å²) in [6.07, 6.45) is 2.19. The van der Waals surface area contributed by atoms with Crippen molar-refractivity contribution < 1.29 is 13.2 Å². The molecule has 1 aliphatic rings. The molecule has 0 atom stereocenters. The second-order valence-corrected chi connectivity index (χ2v) is 7.64. The number of nitrogens with zero attached hydrogens (tertiary/aromatic N) is 5. The Morgan fingerprint density at radius 3 is 2.70 bits per heavy atom. The zero-order valence-corrected chi connectivity index (χ0v) is 14.6. The van der Waals surface area contributed by atoms with Crippen molar-refractivity contribution in [2.45, 2.75) is 31.5 Å². The maximum Gasteiger partial charge on any atom is 0.262 e. The van der Waals surface area contributed by atoms with Gasteiger partial charge < -0.3 is 9.30 Å². The first-order valence-corrected chi connectivity index (χ1v) is 8.81. The quantitative estimate of drug-likeness (QED) is 0.803. The Labute approximate surface area is 135 Å². The van der Waals surface area contributed by atoms with Gasteiger partial charge in [0.05, 0.1) is 12.3 Å². The summed E-state index contributed by atoms with van der Waals surface area (Å²) in [5.41, 5.74) is 2.81. The number of rotatable bonds is 4. The third kappa shape index (κ3) is 2.68. The molecule has 0 N–H and O–H groups in total. The Balaban J connectivity index is 1.95. The highest BCUT2D eigenvalue weighted by Crippen LogP contribution is 2.27. The average Bonchev–Trinajstić information content (AvgIpc) is 3.01. The molecule has 2 aromatic rings. The van der Waals surface area contributed by atoms with Crippen molar-refractivity contribution in [3.05, 3.63) is 29.0 Å². The Morgan fingerprint density at radius 2 is 2.09 bits per heavy atom. The number of fused-ring (bicyclic) bond motifs is 1. The third-order valence-corrected chi connectivity index (χ3v) is 5.98. The predicted molar refractivity (Wildman–Crippen MR) is 83.2 cm³/mol. The molecule has 0 saturated heterocycles. The second kappa shape index (κ2) is 5.73. The Hall–Kier alpha value is -1.71. The molecule has 3 rings (SSSR count). The lowest BCUT2D eigenvalue weighted by molar-refractivity contribution is 0.179. The van der Waals surface area contributed by atoms with Gasteiger partial charge in [-0.3, -0.25) is 4.68 Å². The summed E-state index contributed by atoms with van der Waals surface area (Å²) in [5, 5.41) is 4.54. The molecule has 3 heterocycles. The first-order valence-electron chi connectivity index (χ1n) is 7.37. The highest BCUT2D eigenvalue weighted by Gasteiger charge is 2.33. The highest BCUT2D eigenvalue weighted by molar-refractivity contribution is 7.89. The van der Waals surface area contributed by atoms with Crippen molar-refractivity contribution in [3.8, 4) is 0 Å². The maximum absolute atomic E-state index is 12.8. The van der Waals surface area contributed by atoms with Crippen LogP contribution in [-0.4, -0.2) is 45.7 Å². The van der Waals surface area contributed by atoms with Crippen LogP contribution in [0.25, 0.3) is 0 Å². The molecule has 0 radical (unpaired) electrons. The first kappa shape index (κ1) is 16.2. The van der Waals surface area contributed by atoms with Gasteiger partial charge in [0.1, 0.15) is 5.82 Å². The van der Waals surface area contributed by atoms with Gasteiger partial charge in [0, 0.05) is 58.2 Å². The number of hydrogen-bond donors (Lipinski definition) is 0. The van der Waals surface area contributed by atoms with E-state index >= 15 is 0 Å². The molecule has 0 saturated carbocycles. The van der Waals surface area contributed by atoms with Gasteiger partial charge in [0.15, 0.2) is 5.03 Å². The smallest absolute Gasteiger partial charge is 0.262 e. The molecule has 0 aliphatic carbocycles. The van der Waals surface area contributed by atoms with Crippen molar-refractivity contribution in [1.29, 1.82) is 0 Å². The Kier molecular flexibility index (Phi) is 4.03. The fourth-order valence-corrected chi connectivity index (χ4v) is 4.32. The van der Waals surface area contributed by atoms with E-state index in [1.807, 2.05) is 11.7 Å². The number of methoxy groups -OCH3 is 1. The predicted octanol–water partition coefficient (Wildman–Crippen LogP) is 0.355. The minimum absolute atomic E-state index is 0.0955. The van der Waals surface area contributed by atoms with E-state index in [1.165, 1.54) is 4.31 Å².